The lowest BCUT2D eigenvalue weighted by Crippen LogP contribution is -2.18. The van der Waals surface area contributed by atoms with Gasteiger partial charge < -0.3 is 15.4 Å². The summed E-state index contributed by atoms with van der Waals surface area (Å²) in [6.45, 7) is 6.15. The molecule has 0 saturated carbocycles. The van der Waals surface area contributed by atoms with Gasteiger partial charge >= 0.3 is 0 Å². The van der Waals surface area contributed by atoms with E-state index in [1.165, 1.54) is 16.1 Å². The summed E-state index contributed by atoms with van der Waals surface area (Å²) in [5.41, 5.74) is 3.31. The minimum Gasteiger partial charge on any atom is -0.376 e. The van der Waals surface area contributed by atoms with E-state index in [0.717, 1.165) is 43.2 Å². The predicted octanol–water partition coefficient (Wildman–Crippen LogP) is 5.45. The van der Waals surface area contributed by atoms with Gasteiger partial charge in [0, 0.05) is 31.2 Å². The molecular formula is C22H27N5OS. The van der Waals surface area contributed by atoms with Crippen LogP contribution < -0.4 is 10.6 Å². The number of nitrogens with one attached hydrogen (secondary N) is 2. The van der Waals surface area contributed by atoms with Crippen molar-refractivity contribution in [1.29, 1.82) is 0 Å². The zero-order valence-corrected chi connectivity index (χ0v) is 17.7. The third-order valence-corrected chi connectivity index (χ3v) is 6.28. The molecule has 0 aliphatic carbocycles. The number of rotatable bonds is 8. The third kappa shape index (κ3) is 4.92. The van der Waals surface area contributed by atoms with Gasteiger partial charge in [-0.1, -0.05) is 37.3 Å². The van der Waals surface area contributed by atoms with Crippen LogP contribution in [-0.2, 0) is 4.74 Å². The van der Waals surface area contributed by atoms with Crippen LogP contribution in [0.3, 0.4) is 0 Å². The second-order valence-corrected chi connectivity index (χ2v) is 8.33. The fraction of sp³-hybridized carbons (Fsp3) is 0.409. The molecule has 2 aromatic heterocycles. The molecule has 0 radical (unpaired) electrons. The summed E-state index contributed by atoms with van der Waals surface area (Å²) < 4.78 is 5.72. The maximum Gasteiger partial charge on any atom is 0.227 e. The summed E-state index contributed by atoms with van der Waals surface area (Å²) in [7, 11) is 0. The van der Waals surface area contributed by atoms with Gasteiger partial charge in [-0.05, 0) is 48.9 Å². The van der Waals surface area contributed by atoms with E-state index in [9.17, 15) is 0 Å². The lowest BCUT2D eigenvalue weighted by atomic mass is 10.0. The Morgan fingerprint density at radius 3 is 2.69 bits per heavy atom. The van der Waals surface area contributed by atoms with E-state index in [4.69, 9.17) is 9.72 Å². The second kappa shape index (κ2) is 9.33. The van der Waals surface area contributed by atoms with Gasteiger partial charge in [-0.2, -0.15) is 0 Å². The van der Waals surface area contributed by atoms with Gasteiger partial charge in [0.05, 0.1) is 16.7 Å². The van der Waals surface area contributed by atoms with Crippen LogP contribution in [0.25, 0.3) is 10.4 Å². The molecule has 2 atom stereocenters. The van der Waals surface area contributed by atoms with E-state index >= 15 is 0 Å². The lowest BCUT2D eigenvalue weighted by Gasteiger charge is -2.09. The van der Waals surface area contributed by atoms with E-state index in [1.807, 2.05) is 0 Å². The number of thiazole rings is 1. The molecule has 2 unspecified atom stereocenters. The monoisotopic (exact) mass is 409 g/mol. The minimum absolute atomic E-state index is 0.306. The summed E-state index contributed by atoms with van der Waals surface area (Å²) in [6.07, 6.45) is 7.10. The molecule has 7 heteroatoms. The molecule has 3 aromatic rings. The summed E-state index contributed by atoms with van der Waals surface area (Å²) in [5.74, 6) is 1.01. The van der Waals surface area contributed by atoms with Crippen molar-refractivity contribution in [2.45, 2.75) is 45.1 Å². The number of nitrogens with zero attached hydrogens (tertiary/aromatic N) is 3. The number of hydrogen-bond acceptors (Lipinski definition) is 7. The van der Waals surface area contributed by atoms with Crippen LogP contribution in [0, 0.1) is 0 Å². The molecule has 2 N–H and O–H groups in total. The first-order valence-electron chi connectivity index (χ1n) is 10.2. The van der Waals surface area contributed by atoms with Crippen molar-refractivity contribution in [2.75, 3.05) is 23.8 Å². The number of benzene rings is 1. The molecule has 0 bridgehead atoms. The Balaban J connectivity index is 1.52. The Morgan fingerprint density at radius 1 is 1.21 bits per heavy atom. The van der Waals surface area contributed by atoms with Crippen LogP contribution in [0.1, 0.15) is 44.7 Å². The number of hydrogen-bond donors (Lipinski definition) is 2. The van der Waals surface area contributed by atoms with Crippen LogP contribution in [0.4, 0.5) is 16.8 Å². The van der Waals surface area contributed by atoms with Crippen LogP contribution in [0.5, 0.6) is 0 Å². The average molecular weight is 410 g/mol. The van der Waals surface area contributed by atoms with Crippen LogP contribution in [0.2, 0.25) is 0 Å². The van der Waals surface area contributed by atoms with Gasteiger partial charge in [0.25, 0.3) is 0 Å². The highest BCUT2D eigenvalue weighted by molar-refractivity contribution is 7.19. The van der Waals surface area contributed by atoms with Gasteiger partial charge in [0.1, 0.15) is 0 Å². The van der Waals surface area contributed by atoms with E-state index in [2.05, 4.69) is 58.7 Å². The molecular weight excluding hydrogens is 382 g/mol. The first kappa shape index (κ1) is 19.8. The van der Waals surface area contributed by atoms with E-state index < -0.39 is 0 Å². The minimum atomic E-state index is 0.306. The van der Waals surface area contributed by atoms with Crippen LogP contribution >= 0.6 is 11.3 Å². The molecule has 0 amide bonds. The van der Waals surface area contributed by atoms with Gasteiger partial charge in [-0.15, -0.1) is 0 Å². The van der Waals surface area contributed by atoms with Crippen LogP contribution in [0.15, 0.2) is 42.7 Å². The van der Waals surface area contributed by atoms with Crippen molar-refractivity contribution >= 4 is 28.1 Å². The maximum atomic E-state index is 5.72. The Kier molecular flexibility index (Phi) is 6.36. The summed E-state index contributed by atoms with van der Waals surface area (Å²) >= 11 is 1.73. The molecule has 4 rings (SSSR count). The predicted molar refractivity (Wildman–Crippen MR) is 119 cm³/mol. The Labute approximate surface area is 175 Å². The molecule has 6 nitrogen and oxygen atoms in total. The van der Waals surface area contributed by atoms with Crippen molar-refractivity contribution < 1.29 is 4.74 Å². The summed E-state index contributed by atoms with van der Waals surface area (Å²) in [4.78, 5) is 14.6. The molecule has 1 aromatic carbocycles. The molecule has 1 aliphatic rings. The molecule has 0 spiro atoms. The lowest BCUT2D eigenvalue weighted by molar-refractivity contribution is 0.120. The van der Waals surface area contributed by atoms with Gasteiger partial charge in [0.15, 0.2) is 5.13 Å². The summed E-state index contributed by atoms with van der Waals surface area (Å²) in [5, 5.41) is 7.70. The highest BCUT2D eigenvalue weighted by Gasteiger charge is 2.20. The number of anilines is 3. The highest BCUT2D eigenvalue weighted by atomic mass is 32.1. The molecule has 29 heavy (non-hydrogen) atoms. The van der Waals surface area contributed by atoms with E-state index in [1.54, 1.807) is 29.8 Å². The van der Waals surface area contributed by atoms with Gasteiger partial charge in [0.2, 0.25) is 5.95 Å². The Morgan fingerprint density at radius 2 is 2.00 bits per heavy atom. The van der Waals surface area contributed by atoms with E-state index in [0.29, 0.717) is 18.0 Å². The third-order valence-electron chi connectivity index (χ3n) is 5.21. The topological polar surface area (TPSA) is 72.0 Å². The van der Waals surface area contributed by atoms with Crippen molar-refractivity contribution in [3.05, 3.63) is 48.4 Å². The van der Waals surface area contributed by atoms with E-state index in [-0.39, 0.29) is 0 Å². The molecule has 152 valence electrons. The van der Waals surface area contributed by atoms with Crippen molar-refractivity contribution in [2.24, 2.45) is 0 Å². The van der Waals surface area contributed by atoms with Crippen molar-refractivity contribution in [3.63, 3.8) is 0 Å². The highest BCUT2D eigenvalue weighted by Crippen LogP contribution is 2.38. The smallest absolute Gasteiger partial charge is 0.227 e. The fourth-order valence-electron chi connectivity index (χ4n) is 3.35. The SMILES string of the molecule is CCC(C)c1nc(NCC2CCCO2)sc1-c1ccc(Nc2ncccn2)cc1. The van der Waals surface area contributed by atoms with Crippen molar-refractivity contribution in [1.82, 2.24) is 15.0 Å². The Bertz CT molecular complexity index is 907. The number of aromatic nitrogens is 3. The Hall–Kier alpha value is -2.51. The molecule has 3 heterocycles. The quantitative estimate of drug-likeness (QED) is 0.515. The fourth-order valence-corrected chi connectivity index (χ4v) is 4.44. The van der Waals surface area contributed by atoms with Crippen molar-refractivity contribution in [3.8, 4) is 10.4 Å². The first-order valence-corrected chi connectivity index (χ1v) is 11.0. The first-order chi connectivity index (χ1) is 14.2. The van der Waals surface area contributed by atoms with Crippen LogP contribution in [-0.4, -0.2) is 34.2 Å². The molecule has 1 aliphatic heterocycles. The normalized spacial score (nSPS) is 17.2. The zero-order chi connectivity index (χ0) is 20.1. The zero-order valence-electron chi connectivity index (χ0n) is 16.9. The number of ether oxygens (including phenoxy) is 1. The second-order valence-electron chi connectivity index (χ2n) is 7.33. The molecule has 1 saturated heterocycles. The average Bonchev–Trinajstić information content (AvgIpc) is 3.43. The standard InChI is InChI=1S/C22H27N5OS/c1-3-15(2)19-20(29-22(27-19)25-14-18-6-4-13-28-18)16-7-9-17(10-8-16)26-21-23-11-5-12-24-21/h5,7-12,15,18H,3-4,6,13-14H2,1-2H3,(H,25,27)(H,23,24,26). The van der Waals surface area contributed by atoms with Gasteiger partial charge in [-0.25, -0.2) is 15.0 Å². The molecule has 1 fully saturated rings. The summed E-state index contributed by atoms with van der Waals surface area (Å²) in [6, 6.07) is 10.2. The largest absolute Gasteiger partial charge is 0.376 e. The maximum absolute atomic E-state index is 5.72. The van der Waals surface area contributed by atoms with Gasteiger partial charge in [-0.3, -0.25) is 0 Å².